The Morgan fingerprint density at radius 3 is 2.61 bits per heavy atom. The molecule has 4 rings (SSSR count). The molecule has 1 saturated heterocycles. The van der Waals surface area contributed by atoms with E-state index in [-0.39, 0.29) is 12.2 Å². The number of nitrogens with zero attached hydrogens (tertiary/aromatic N) is 2. The molecule has 0 saturated carbocycles. The van der Waals surface area contributed by atoms with Crippen molar-refractivity contribution in [1.29, 1.82) is 0 Å². The Labute approximate surface area is 193 Å². The van der Waals surface area contributed by atoms with E-state index in [9.17, 15) is 19.8 Å². The van der Waals surface area contributed by atoms with Crippen LogP contribution in [0.4, 0.5) is 5.69 Å². The molecule has 0 aromatic heterocycles. The zero-order chi connectivity index (χ0) is 23.4. The molecule has 174 valence electrons. The minimum Gasteiger partial charge on any atom is -0.478 e. The molecule has 0 bridgehead atoms. The summed E-state index contributed by atoms with van der Waals surface area (Å²) in [6.45, 7) is 6.04. The second-order valence-electron chi connectivity index (χ2n) is 8.53. The minimum atomic E-state index is -1.27. The van der Waals surface area contributed by atoms with Gasteiger partial charge in [-0.05, 0) is 48.3 Å². The summed E-state index contributed by atoms with van der Waals surface area (Å²) in [6.07, 6.45) is 1.82. The van der Waals surface area contributed by atoms with Crippen LogP contribution in [-0.4, -0.2) is 65.9 Å². The van der Waals surface area contributed by atoms with E-state index >= 15 is 0 Å². The van der Waals surface area contributed by atoms with Gasteiger partial charge in [0.15, 0.2) is 0 Å². The molecule has 7 heteroatoms. The van der Waals surface area contributed by atoms with Crippen molar-refractivity contribution in [2.45, 2.75) is 31.8 Å². The molecule has 0 aliphatic carbocycles. The highest BCUT2D eigenvalue weighted by molar-refractivity contribution is 5.96. The lowest BCUT2D eigenvalue weighted by Gasteiger charge is -2.38. The summed E-state index contributed by atoms with van der Waals surface area (Å²) in [5, 5.41) is 18.9. The highest BCUT2D eigenvalue weighted by Gasteiger charge is 2.32. The molecule has 2 N–H and O–H groups in total. The Morgan fingerprint density at radius 2 is 1.91 bits per heavy atom. The van der Waals surface area contributed by atoms with Crippen LogP contribution in [-0.2, 0) is 20.9 Å². The molecule has 0 spiro atoms. The number of fused-ring (bicyclic) bond motifs is 1. The lowest BCUT2D eigenvalue weighted by molar-refractivity contribution is -0.135. The number of rotatable bonds is 6. The van der Waals surface area contributed by atoms with E-state index in [1.165, 1.54) is 16.7 Å². The van der Waals surface area contributed by atoms with E-state index in [4.69, 9.17) is 4.74 Å². The Kier molecular flexibility index (Phi) is 7.11. The number of morpholine rings is 1. The molecular formula is C26H30N2O5. The number of ether oxygens (including phenoxy) is 1. The molecule has 2 aromatic carbocycles. The summed E-state index contributed by atoms with van der Waals surface area (Å²) in [5.74, 6) is -2.22. The summed E-state index contributed by atoms with van der Waals surface area (Å²) in [4.78, 5) is 27.5. The van der Waals surface area contributed by atoms with Gasteiger partial charge in [-0.25, -0.2) is 9.59 Å². The highest BCUT2D eigenvalue weighted by atomic mass is 16.5. The van der Waals surface area contributed by atoms with Crippen molar-refractivity contribution >= 4 is 17.6 Å². The minimum absolute atomic E-state index is 0.135. The maximum atomic E-state index is 11.9. The molecule has 33 heavy (non-hydrogen) atoms. The van der Waals surface area contributed by atoms with Crippen molar-refractivity contribution in [3.63, 3.8) is 0 Å². The van der Waals surface area contributed by atoms with Gasteiger partial charge >= 0.3 is 11.9 Å². The van der Waals surface area contributed by atoms with Crippen LogP contribution in [0.2, 0.25) is 0 Å². The molecule has 0 radical (unpaired) electrons. The van der Waals surface area contributed by atoms with Crippen LogP contribution >= 0.6 is 0 Å². The van der Waals surface area contributed by atoms with E-state index < -0.39 is 18.0 Å². The Balaban J connectivity index is 1.74. The molecule has 2 aliphatic rings. The van der Waals surface area contributed by atoms with Gasteiger partial charge in [0.2, 0.25) is 0 Å². The van der Waals surface area contributed by atoms with Crippen LogP contribution in [0.1, 0.15) is 36.0 Å². The Bertz CT molecular complexity index is 1040. The molecule has 2 aromatic rings. The van der Waals surface area contributed by atoms with E-state index in [1.807, 2.05) is 17.0 Å². The first-order valence-corrected chi connectivity index (χ1v) is 11.4. The first kappa shape index (κ1) is 23.0. The first-order chi connectivity index (χ1) is 16.0. The summed E-state index contributed by atoms with van der Waals surface area (Å²) in [6, 6.07) is 16.2. The van der Waals surface area contributed by atoms with E-state index in [1.54, 1.807) is 0 Å². The maximum Gasteiger partial charge on any atom is 0.334 e. The lowest BCUT2D eigenvalue weighted by Crippen LogP contribution is -2.48. The van der Waals surface area contributed by atoms with E-state index in [2.05, 4.69) is 48.2 Å². The smallest absolute Gasteiger partial charge is 0.334 e. The average molecular weight is 451 g/mol. The molecular weight excluding hydrogens is 420 g/mol. The number of carboxylic acid groups (broad SMARTS) is 2. The Morgan fingerprint density at radius 1 is 1.12 bits per heavy atom. The second kappa shape index (κ2) is 10.2. The van der Waals surface area contributed by atoms with E-state index in [0.29, 0.717) is 19.1 Å². The third-order valence-electron chi connectivity index (χ3n) is 6.62. The number of hydrogen-bond donors (Lipinski definition) is 2. The van der Waals surface area contributed by atoms with Crippen molar-refractivity contribution in [3.05, 3.63) is 76.9 Å². The predicted octanol–water partition coefficient (Wildman–Crippen LogP) is 3.34. The standard InChI is InChI=1S/C26H30N2O5/c1-2-27-11-10-22(18-6-4-3-5-7-18)21-9-8-20(14-19(21)16-27)28-12-13-33-17-24(28)23(26(31)32)15-25(29)30/h3-9,14-15,22,24H,2,10-13,16-17H2,1H3,(H,29,30)(H,31,32). The van der Waals surface area contributed by atoms with Gasteiger partial charge in [0.05, 0.1) is 24.8 Å². The van der Waals surface area contributed by atoms with Gasteiger partial charge in [0.25, 0.3) is 0 Å². The van der Waals surface area contributed by atoms with Crippen molar-refractivity contribution in [2.24, 2.45) is 0 Å². The van der Waals surface area contributed by atoms with Gasteiger partial charge in [-0.2, -0.15) is 0 Å². The van der Waals surface area contributed by atoms with Gasteiger partial charge in [-0.15, -0.1) is 0 Å². The predicted molar refractivity (Wildman–Crippen MR) is 126 cm³/mol. The number of benzene rings is 2. The normalized spacial score (nSPS) is 21.8. The number of carbonyl (C=O) groups is 2. The van der Waals surface area contributed by atoms with Crippen LogP contribution in [0.5, 0.6) is 0 Å². The third-order valence-corrected chi connectivity index (χ3v) is 6.62. The highest BCUT2D eigenvalue weighted by Crippen LogP contribution is 2.36. The zero-order valence-electron chi connectivity index (χ0n) is 18.8. The summed E-state index contributed by atoms with van der Waals surface area (Å²) < 4.78 is 5.54. The molecule has 2 atom stereocenters. The van der Waals surface area contributed by atoms with Crippen LogP contribution in [0.15, 0.2) is 60.2 Å². The number of aliphatic carboxylic acids is 2. The molecule has 7 nitrogen and oxygen atoms in total. The SMILES string of the molecule is CCN1CCC(c2ccccc2)c2ccc(N3CCOCC3C(=CC(=O)O)C(=O)O)cc2C1. The van der Waals surface area contributed by atoms with Gasteiger partial charge in [-0.1, -0.05) is 43.3 Å². The third kappa shape index (κ3) is 5.10. The summed E-state index contributed by atoms with van der Waals surface area (Å²) >= 11 is 0. The van der Waals surface area contributed by atoms with Gasteiger partial charge in [0.1, 0.15) is 0 Å². The fourth-order valence-corrected chi connectivity index (χ4v) is 4.94. The monoisotopic (exact) mass is 450 g/mol. The number of hydrogen-bond acceptors (Lipinski definition) is 5. The van der Waals surface area contributed by atoms with Crippen LogP contribution in [0.25, 0.3) is 0 Å². The van der Waals surface area contributed by atoms with Crippen molar-refractivity contribution in [1.82, 2.24) is 4.90 Å². The first-order valence-electron chi connectivity index (χ1n) is 11.4. The Hall–Kier alpha value is -3.16. The van der Waals surface area contributed by atoms with Crippen LogP contribution < -0.4 is 4.90 Å². The van der Waals surface area contributed by atoms with Crippen molar-refractivity contribution < 1.29 is 24.5 Å². The fourth-order valence-electron chi connectivity index (χ4n) is 4.94. The molecule has 2 heterocycles. The van der Waals surface area contributed by atoms with Gasteiger partial charge in [-0.3, -0.25) is 4.90 Å². The quantitative estimate of drug-likeness (QED) is 0.653. The topological polar surface area (TPSA) is 90.3 Å². The number of carboxylic acids is 2. The van der Waals surface area contributed by atoms with Crippen molar-refractivity contribution in [2.75, 3.05) is 37.7 Å². The van der Waals surface area contributed by atoms with Crippen molar-refractivity contribution in [3.8, 4) is 0 Å². The number of anilines is 1. The van der Waals surface area contributed by atoms with Gasteiger partial charge < -0.3 is 19.8 Å². The van der Waals surface area contributed by atoms with E-state index in [0.717, 1.165) is 37.8 Å². The van der Waals surface area contributed by atoms with Crippen LogP contribution in [0, 0.1) is 0 Å². The van der Waals surface area contributed by atoms with Crippen LogP contribution in [0.3, 0.4) is 0 Å². The second-order valence-corrected chi connectivity index (χ2v) is 8.53. The zero-order valence-corrected chi connectivity index (χ0v) is 18.8. The summed E-state index contributed by atoms with van der Waals surface area (Å²) in [5.41, 5.74) is 4.54. The lowest BCUT2D eigenvalue weighted by atomic mass is 9.86. The summed E-state index contributed by atoms with van der Waals surface area (Å²) in [7, 11) is 0. The molecule has 0 amide bonds. The largest absolute Gasteiger partial charge is 0.478 e. The molecule has 2 aliphatic heterocycles. The maximum absolute atomic E-state index is 11.9. The fraction of sp³-hybridized carbons (Fsp3) is 0.385. The van der Waals surface area contributed by atoms with Gasteiger partial charge in [0, 0.05) is 30.8 Å². The molecule has 1 fully saturated rings. The average Bonchev–Trinajstić information content (AvgIpc) is 3.01. The molecule has 2 unspecified atom stereocenters.